The molecule has 1 aliphatic heterocycles. The third-order valence-corrected chi connectivity index (χ3v) is 5.99. The van der Waals surface area contributed by atoms with Crippen LogP contribution < -0.4 is 10.5 Å². The molecule has 2 N–H and O–H groups in total. The van der Waals surface area contributed by atoms with Gasteiger partial charge in [-0.05, 0) is 54.4 Å². The van der Waals surface area contributed by atoms with Crippen LogP contribution in [0.5, 0.6) is 5.75 Å². The third kappa shape index (κ3) is 5.48. The molecular weight excluding hydrogens is 449 g/mol. The van der Waals surface area contributed by atoms with Gasteiger partial charge in [0.2, 0.25) is 0 Å². The number of ether oxygens (including phenoxy) is 1. The van der Waals surface area contributed by atoms with Crippen molar-refractivity contribution in [2.45, 2.75) is 13.5 Å². The van der Waals surface area contributed by atoms with Crippen LogP contribution in [0.15, 0.2) is 66.7 Å². The summed E-state index contributed by atoms with van der Waals surface area (Å²) in [7, 11) is 0. The number of hydrogen-bond acceptors (Lipinski definition) is 4. The van der Waals surface area contributed by atoms with Crippen molar-refractivity contribution in [3.8, 4) is 5.75 Å². The summed E-state index contributed by atoms with van der Waals surface area (Å²) in [5, 5.41) is 0. The zero-order chi connectivity index (χ0) is 24.9. The summed E-state index contributed by atoms with van der Waals surface area (Å²) in [4.78, 5) is 40.7. The summed E-state index contributed by atoms with van der Waals surface area (Å²) in [5.41, 5.74) is 7.76. The Bertz CT molecular complexity index is 1270. The van der Waals surface area contributed by atoms with Crippen LogP contribution in [0, 0.1) is 12.7 Å². The average molecular weight is 476 g/mol. The Balaban J connectivity index is 1.36. The minimum atomic E-state index is -0.574. The van der Waals surface area contributed by atoms with E-state index in [1.54, 1.807) is 71.3 Å². The molecule has 4 rings (SSSR count). The summed E-state index contributed by atoms with van der Waals surface area (Å²) < 4.78 is 19.6. The van der Waals surface area contributed by atoms with Crippen molar-refractivity contribution in [3.05, 3.63) is 100 Å². The molecule has 35 heavy (non-hydrogen) atoms. The summed E-state index contributed by atoms with van der Waals surface area (Å²) >= 11 is 0. The highest BCUT2D eigenvalue weighted by atomic mass is 19.1. The second-order valence-corrected chi connectivity index (χ2v) is 8.40. The number of benzene rings is 3. The van der Waals surface area contributed by atoms with Crippen LogP contribution in [-0.2, 0) is 6.61 Å². The van der Waals surface area contributed by atoms with Crippen LogP contribution in [0.25, 0.3) is 0 Å². The van der Waals surface area contributed by atoms with Crippen LogP contribution >= 0.6 is 0 Å². The molecule has 7 nitrogen and oxygen atoms in total. The maximum atomic E-state index is 13.8. The maximum Gasteiger partial charge on any atom is 0.254 e. The van der Waals surface area contributed by atoms with Gasteiger partial charge < -0.3 is 20.3 Å². The number of carbonyl (C=O) groups excluding carboxylic acids is 3. The molecule has 0 saturated carbocycles. The highest BCUT2D eigenvalue weighted by molar-refractivity contribution is 5.96. The fraction of sp³-hybridized carbons (Fsp3) is 0.222. The van der Waals surface area contributed by atoms with Crippen molar-refractivity contribution in [1.82, 2.24) is 9.80 Å². The Hall–Kier alpha value is -4.20. The molecule has 0 atom stereocenters. The zero-order valence-corrected chi connectivity index (χ0v) is 19.4. The Morgan fingerprint density at radius 2 is 1.49 bits per heavy atom. The smallest absolute Gasteiger partial charge is 0.254 e. The van der Waals surface area contributed by atoms with Crippen LogP contribution in [0.2, 0.25) is 0 Å². The van der Waals surface area contributed by atoms with E-state index in [-0.39, 0.29) is 18.4 Å². The predicted octanol–water partition coefficient (Wildman–Crippen LogP) is 3.41. The fourth-order valence-electron chi connectivity index (χ4n) is 3.95. The van der Waals surface area contributed by atoms with Gasteiger partial charge in [-0.15, -0.1) is 0 Å². The number of primary amides is 1. The minimum Gasteiger partial charge on any atom is -0.488 e. The van der Waals surface area contributed by atoms with E-state index in [4.69, 9.17) is 10.5 Å². The minimum absolute atomic E-state index is 0.141. The van der Waals surface area contributed by atoms with E-state index >= 15 is 0 Å². The van der Waals surface area contributed by atoms with Crippen LogP contribution in [0.4, 0.5) is 4.39 Å². The zero-order valence-electron chi connectivity index (χ0n) is 19.4. The van der Waals surface area contributed by atoms with E-state index in [9.17, 15) is 18.8 Å². The first-order valence-electron chi connectivity index (χ1n) is 11.3. The first-order chi connectivity index (χ1) is 16.8. The van der Waals surface area contributed by atoms with E-state index in [1.807, 2.05) is 6.07 Å². The summed E-state index contributed by atoms with van der Waals surface area (Å²) in [5.74, 6) is -0.989. The maximum absolute atomic E-state index is 13.8. The molecule has 8 heteroatoms. The number of hydrogen-bond donors (Lipinski definition) is 1. The molecule has 1 heterocycles. The van der Waals surface area contributed by atoms with E-state index in [0.717, 1.165) is 5.56 Å². The van der Waals surface area contributed by atoms with E-state index in [2.05, 4.69) is 0 Å². The number of nitrogens with two attached hydrogens (primary N) is 1. The van der Waals surface area contributed by atoms with Crippen molar-refractivity contribution >= 4 is 17.7 Å². The van der Waals surface area contributed by atoms with E-state index < -0.39 is 11.7 Å². The SMILES string of the molecule is Cc1ccc(C(=O)N2CCN(C(=O)c3cccc(COc4ccccc4C(N)=O)c3)CC2)cc1F. The lowest BCUT2D eigenvalue weighted by molar-refractivity contribution is 0.0535. The quantitative estimate of drug-likeness (QED) is 0.591. The van der Waals surface area contributed by atoms with Crippen molar-refractivity contribution in [2.24, 2.45) is 5.73 Å². The van der Waals surface area contributed by atoms with Gasteiger partial charge in [0.05, 0.1) is 5.56 Å². The largest absolute Gasteiger partial charge is 0.488 e. The van der Waals surface area contributed by atoms with Crippen molar-refractivity contribution in [3.63, 3.8) is 0 Å². The Morgan fingerprint density at radius 3 is 2.11 bits per heavy atom. The lowest BCUT2D eigenvalue weighted by Gasteiger charge is -2.35. The van der Waals surface area contributed by atoms with Gasteiger partial charge in [0.25, 0.3) is 17.7 Å². The normalized spacial score (nSPS) is 13.4. The summed E-state index contributed by atoms with van der Waals surface area (Å²) in [6, 6.07) is 18.3. The number of para-hydroxylation sites is 1. The summed E-state index contributed by atoms with van der Waals surface area (Å²) in [6.07, 6.45) is 0. The second-order valence-electron chi connectivity index (χ2n) is 8.40. The molecule has 3 aromatic carbocycles. The van der Waals surface area contributed by atoms with Gasteiger partial charge in [-0.3, -0.25) is 14.4 Å². The Labute approximate surface area is 202 Å². The number of nitrogens with zero attached hydrogens (tertiary/aromatic N) is 2. The number of rotatable bonds is 6. The molecule has 180 valence electrons. The van der Waals surface area contributed by atoms with Crippen molar-refractivity contribution in [2.75, 3.05) is 26.2 Å². The van der Waals surface area contributed by atoms with Gasteiger partial charge in [-0.25, -0.2) is 4.39 Å². The number of halogens is 1. The Kier molecular flexibility index (Phi) is 7.10. The molecule has 3 aromatic rings. The number of piperazine rings is 1. The van der Waals surface area contributed by atoms with Gasteiger partial charge in [-0.1, -0.05) is 30.3 Å². The third-order valence-electron chi connectivity index (χ3n) is 5.99. The standard InChI is InChI=1S/C27H26FN3O4/c1-18-9-10-21(16-23(18)28)27(34)31-13-11-30(12-14-31)26(33)20-6-4-5-19(15-20)17-35-24-8-3-2-7-22(24)25(29)32/h2-10,15-16H,11-14,17H2,1H3,(H2,29,32). The molecule has 0 aromatic heterocycles. The number of carbonyl (C=O) groups is 3. The lowest BCUT2D eigenvalue weighted by atomic mass is 10.1. The van der Waals surface area contributed by atoms with Gasteiger partial charge in [0.15, 0.2) is 0 Å². The molecular formula is C27H26FN3O4. The second kappa shape index (κ2) is 10.4. The van der Waals surface area contributed by atoms with Crippen LogP contribution in [0.1, 0.15) is 42.2 Å². The molecule has 1 saturated heterocycles. The molecule has 0 bridgehead atoms. The lowest BCUT2D eigenvalue weighted by Crippen LogP contribution is -2.50. The molecule has 0 unspecified atom stereocenters. The van der Waals surface area contributed by atoms with Gasteiger partial charge in [0.1, 0.15) is 18.2 Å². The first-order valence-corrected chi connectivity index (χ1v) is 11.3. The number of aryl methyl sites for hydroxylation is 1. The van der Waals surface area contributed by atoms with Gasteiger partial charge >= 0.3 is 0 Å². The summed E-state index contributed by atoms with van der Waals surface area (Å²) in [6.45, 7) is 3.31. The average Bonchev–Trinajstić information content (AvgIpc) is 2.88. The molecule has 1 aliphatic rings. The topological polar surface area (TPSA) is 92.9 Å². The van der Waals surface area contributed by atoms with Crippen LogP contribution in [-0.4, -0.2) is 53.7 Å². The van der Waals surface area contributed by atoms with Crippen LogP contribution in [0.3, 0.4) is 0 Å². The van der Waals surface area contributed by atoms with E-state index in [0.29, 0.717) is 54.2 Å². The highest BCUT2D eigenvalue weighted by Crippen LogP contribution is 2.20. The fourth-order valence-corrected chi connectivity index (χ4v) is 3.95. The van der Waals surface area contributed by atoms with Crippen molar-refractivity contribution < 1.29 is 23.5 Å². The molecule has 0 spiro atoms. The molecule has 1 fully saturated rings. The van der Waals surface area contributed by atoms with Crippen molar-refractivity contribution in [1.29, 1.82) is 0 Å². The monoisotopic (exact) mass is 475 g/mol. The molecule has 0 radical (unpaired) electrons. The van der Waals surface area contributed by atoms with Gasteiger partial charge in [0, 0.05) is 37.3 Å². The Morgan fingerprint density at radius 1 is 0.857 bits per heavy atom. The molecule has 0 aliphatic carbocycles. The molecule has 3 amide bonds. The number of amides is 3. The predicted molar refractivity (Wildman–Crippen MR) is 129 cm³/mol. The van der Waals surface area contributed by atoms with Gasteiger partial charge in [-0.2, -0.15) is 0 Å². The highest BCUT2D eigenvalue weighted by Gasteiger charge is 2.26. The first kappa shape index (κ1) is 23.9. The van der Waals surface area contributed by atoms with E-state index in [1.165, 1.54) is 6.07 Å².